The molecule has 2 aromatic carbocycles. The molecule has 26 heavy (non-hydrogen) atoms. The van der Waals surface area contributed by atoms with E-state index in [-0.39, 0.29) is 28.2 Å². The summed E-state index contributed by atoms with van der Waals surface area (Å²) >= 11 is 0. The van der Waals surface area contributed by atoms with E-state index in [1.54, 1.807) is 37.4 Å². The van der Waals surface area contributed by atoms with Crippen molar-refractivity contribution >= 4 is 33.9 Å². The molecule has 0 saturated carbocycles. The van der Waals surface area contributed by atoms with Crippen LogP contribution in [0, 0.1) is 0 Å². The molecule has 0 fully saturated rings. The van der Waals surface area contributed by atoms with E-state index < -0.39 is 12.0 Å². The normalized spacial score (nSPS) is 11.5. The fourth-order valence-corrected chi connectivity index (χ4v) is 2.35. The van der Waals surface area contributed by atoms with Gasteiger partial charge in [0.1, 0.15) is 29.4 Å². The molecule has 3 aromatic rings. The number of esters is 1. The van der Waals surface area contributed by atoms with Crippen molar-refractivity contribution in [3.8, 4) is 22.6 Å². The maximum absolute atomic E-state index is 12.7. The van der Waals surface area contributed by atoms with Gasteiger partial charge in [-0.2, -0.15) is 0 Å². The number of fused-ring (bicyclic) bond motifs is 1. The number of hydrogen-bond acceptors (Lipinski definition) is 6. The number of carbonyl (C=O) groups is 1. The van der Waals surface area contributed by atoms with Crippen molar-refractivity contribution in [3.63, 3.8) is 0 Å². The Bertz CT molecular complexity index is 979. The summed E-state index contributed by atoms with van der Waals surface area (Å²) in [6.45, 7) is 1.53. The SMILES string of the molecule is Br.COc1ccc(-c2coc3cc(OC(=O)C(C)N)ccc3c2=O)cc1. The molecular weight excluding hydrogens is 402 g/mol. The highest BCUT2D eigenvalue weighted by molar-refractivity contribution is 8.93. The number of hydrogen-bond donors (Lipinski definition) is 1. The molecular formula is C19H18BrNO5. The molecule has 0 aliphatic heterocycles. The quantitative estimate of drug-likeness (QED) is 0.515. The lowest BCUT2D eigenvalue weighted by molar-refractivity contribution is -0.135. The van der Waals surface area contributed by atoms with E-state index in [0.29, 0.717) is 22.3 Å². The highest BCUT2D eigenvalue weighted by Gasteiger charge is 2.13. The largest absolute Gasteiger partial charge is 0.497 e. The molecule has 0 saturated heterocycles. The number of ether oxygens (including phenoxy) is 2. The third-order valence-electron chi connectivity index (χ3n) is 3.74. The van der Waals surface area contributed by atoms with Crippen LogP contribution in [0.1, 0.15) is 6.92 Å². The van der Waals surface area contributed by atoms with Crippen molar-refractivity contribution in [2.24, 2.45) is 5.73 Å². The summed E-state index contributed by atoms with van der Waals surface area (Å²) in [7, 11) is 1.58. The molecule has 1 atom stereocenters. The zero-order valence-corrected chi connectivity index (χ0v) is 15.9. The number of benzene rings is 2. The first-order chi connectivity index (χ1) is 12.0. The van der Waals surface area contributed by atoms with Crippen molar-refractivity contribution in [2.45, 2.75) is 13.0 Å². The number of rotatable bonds is 4. The second-order valence-electron chi connectivity index (χ2n) is 5.57. The molecule has 2 N–H and O–H groups in total. The first kappa shape index (κ1) is 19.7. The Morgan fingerprint density at radius 1 is 1.12 bits per heavy atom. The zero-order chi connectivity index (χ0) is 18.0. The molecule has 6 nitrogen and oxygen atoms in total. The fourth-order valence-electron chi connectivity index (χ4n) is 2.35. The van der Waals surface area contributed by atoms with Gasteiger partial charge >= 0.3 is 5.97 Å². The molecule has 3 rings (SSSR count). The lowest BCUT2D eigenvalue weighted by atomic mass is 10.1. The van der Waals surface area contributed by atoms with Gasteiger partial charge in [-0.05, 0) is 36.8 Å². The molecule has 0 spiro atoms. The van der Waals surface area contributed by atoms with Gasteiger partial charge in [0.15, 0.2) is 5.43 Å². The standard InChI is InChI=1S/C19H17NO5.BrH/c1-11(20)19(22)25-14-7-8-15-17(9-14)24-10-16(18(15)21)12-3-5-13(23-2)6-4-12;/h3-11H,20H2,1-2H3;1H. The van der Waals surface area contributed by atoms with E-state index in [2.05, 4.69) is 0 Å². The van der Waals surface area contributed by atoms with Crippen molar-refractivity contribution < 1.29 is 18.7 Å². The van der Waals surface area contributed by atoms with Crippen LogP contribution in [0.5, 0.6) is 11.5 Å². The Hall–Kier alpha value is -2.64. The highest BCUT2D eigenvalue weighted by Crippen LogP contribution is 2.24. The summed E-state index contributed by atoms with van der Waals surface area (Å²) in [5.74, 6) is 0.418. The Morgan fingerprint density at radius 3 is 2.38 bits per heavy atom. The highest BCUT2D eigenvalue weighted by atomic mass is 79.9. The molecule has 0 amide bonds. The number of halogens is 1. The molecule has 1 aromatic heterocycles. The molecule has 1 heterocycles. The van der Waals surface area contributed by atoms with Crippen LogP contribution < -0.4 is 20.6 Å². The molecule has 7 heteroatoms. The van der Waals surface area contributed by atoms with Crippen LogP contribution in [0.15, 0.2) is 57.9 Å². The van der Waals surface area contributed by atoms with E-state index in [1.165, 1.54) is 25.3 Å². The van der Waals surface area contributed by atoms with E-state index in [4.69, 9.17) is 19.6 Å². The van der Waals surface area contributed by atoms with Crippen LogP contribution in [-0.4, -0.2) is 19.1 Å². The third-order valence-corrected chi connectivity index (χ3v) is 3.74. The number of nitrogens with two attached hydrogens (primary N) is 1. The van der Waals surface area contributed by atoms with Crippen LogP contribution in [0.3, 0.4) is 0 Å². The maximum Gasteiger partial charge on any atom is 0.328 e. The number of methoxy groups -OCH3 is 1. The lowest BCUT2D eigenvalue weighted by Gasteiger charge is -2.08. The van der Waals surface area contributed by atoms with E-state index >= 15 is 0 Å². The summed E-state index contributed by atoms with van der Waals surface area (Å²) in [6, 6.07) is 11.0. The number of carbonyl (C=O) groups excluding carboxylic acids is 1. The summed E-state index contributed by atoms with van der Waals surface area (Å²) in [4.78, 5) is 24.3. The molecule has 0 aliphatic rings. The second-order valence-corrected chi connectivity index (χ2v) is 5.57. The Balaban J connectivity index is 0.00000243. The van der Waals surface area contributed by atoms with Crippen LogP contribution in [0.2, 0.25) is 0 Å². The van der Waals surface area contributed by atoms with Crippen molar-refractivity contribution in [3.05, 3.63) is 59.0 Å². The first-order valence-corrected chi connectivity index (χ1v) is 7.67. The van der Waals surface area contributed by atoms with Crippen LogP contribution in [0.4, 0.5) is 0 Å². The lowest BCUT2D eigenvalue weighted by Crippen LogP contribution is -2.30. The topological polar surface area (TPSA) is 91.8 Å². The van der Waals surface area contributed by atoms with Gasteiger partial charge in [0.2, 0.25) is 0 Å². The second kappa shape index (κ2) is 8.16. The van der Waals surface area contributed by atoms with Gasteiger partial charge < -0.3 is 19.6 Å². The molecule has 0 radical (unpaired) electrons. The summed E-state index contributed by atoms with van der Waals surface area (Å²) < 4.78 is 15.8. The van der Waals surface area contributed by atoms with Gasteiger partial charge in [0, 0.05) is 6.07 Å². The molecule has 0 bridgehead atoms. The summed E-state index contributed by atoms with van der Waals surface area (Å²) in [5, 5.41) is 0.397. The van der Waals surface area contributed by atoms with Crippen LogP contribution in [0.25, 0.3) is 22.1 Å². The van der Waals surface area contributed by atoms with Gasteiger partial charge in [-0.3, -0.25) is 4.79 Å². The molecule has 0 aliphatic carbocycles. The predicted octanol–water partition coefficient (Wildman–Crippen LogP) is 3.30. The minimum absolute atomic E-state index is 0. The van der Waals surface area contributed by atoms with Gasteiger partial charge in [0.05, 0.1) is 18.1 Å². The monoisotopic (exact) mass is 419 g/mol. The molecule has 1 unspecified atom stereocenters. The Morgan fingerprint density at radius 2 is 1.77 bits per heavy atom. The van der Waals surface area contributed by atoms with E-state index in [0.717, 1.165) is 5.56 Å². The minimum atomic E-state index is -0.736. The average Bonchev–Trinajstić information content (AvgIpc) is 2.62. The van der Waals surface area contributed by atoms with E-state index in [9.17, 15) is 9.59 Å². The summed E-state index contributed by atoms with van der Waals surface area (Å²) in [5.41, 5.74) is 6.80. The Kier molecular flexibility index (Phi) is 6.18. The van der Waals surface area contributed by atoms with Gasteiger partial charge in [0.25, 0.3) is 0 Å². The summed E-state index contributed by atoms with van der Waals surface area (Å²) in [6.07, 6.45) is 1.39. The van der Waals surface area contributed by atoms with Gasteiger partial charge in [-0.15, -0.1) is 17.0 Å². The van der Waals surface area contributed by atoms with Crippen molar-refractivity contribution in [1.82, 2.24) is 0 Å². The zero-order valence-electron chi connectivity index (χ0n) is 14.2. The van der Waals surface area contributed by atoms with Crippen LogP contribution in [-0.2, 0) is 4.79 Å². The van der Waals surface area contributed by atoms with Gasteiger partial charge in [-0.1, -0.05) is 12.1 Å². The fraction of sp³-hybridized carbons (Fsp3) is 0.158. The smallest absolute Gasteiger partial charge is 0.328 e. The third kappa shape index (κ3) is 3.95. The van der Waals surface area contributed by atoms with Crippen molar-refractivity contribution in [2.75, 3.05) is 7.11 Å². The van der Waals surface area contributed by atoms with Crippen LogP contribution >= 0.6 is 17.0 Å². The van der Waals surface area contributed by atoms with Gasteiger partial charge in [-0.25, -0.2) is 4.79 Å². The molecule has 136 valence electrons. The minimum Gasteiger partial charge on any atom is -0.497 e. The Labute approximate surface area is 160 Å². The predicted molar refractivity (Wildman–Crippen MR) is 104 cm³/mol. The van der Waals surface area contributed by atoms with E-state index in [1.807, 2.05) is 0 Å². The van der Waals surface area contributed by atoms with Crippen molar-refractivity contribution in [1.29, 1.82) is 0 Å². The first-order valence-electron chi connectivity index (χ1n) is 7.67. The maximum atomic E-state index is 12.7. The average molecular weight is 420 g/mol.